The van der Waals surface area contributed by atoms with Gasteiger partial charge in [0, 0.05) is 5.39 Å². The Balaban J connectivity index is 2.28. The fraction of sp³-hybridized carbons (Fsp3) is 0.250. The van der Waals surface area contributed by atoms with Crippen molar-refractivity contribution in [3.63, 3.8) is 0 Å². The molecule has 0 aliphatic heterocycles. The van der Waals surface area contributed by atoms with E-state index < -0.39 is 6.09 Å². The summed E-state index contributed by atoms with van der Waals surface area (Å²) in [6.45, 7) is 1.80. The number of nitrogens with one attached hydrogen (secondary N) is 2. The first-order valence-corrected chi connectivity index (χ1v) is 5.43. The van der Waals surface area contributed by atoms with Gasteiger partial charge in [-0.1, -0.05) is 0 Å². The lowest BCUT2D eigenvalue weighted by Crippen LogP contribution is -2.26. The molecule has 0 saturated heterocycles. The molecule has 2 N–H and O–H groups in total. The highest BCUT2D eigenvalue weighted by Gasteiger charge is 2.12. The largest absolute Gasteiger partial charge is 0.453 e. The topological polar surface area (TPSA) is 84.1 Å². The Morgan fingerprint density at radius 2 is 2.33 bits per heavy atom. The van der Waals surface area contributed by atoms with Gasteiger partial charge in [0.1, 0.15) is 5.65 Å². The quantitative estimate of drug-likeness (QED) is 0.810. The SMILES string of the molecule is COC(=O)NC(C)c1ccc2cc(C=O)[nH]c2n1. The van der Waals surface area contributed by atoms with E-state index in [1.54, 1.807) is 19.1 Å². The number of amides is 1. The van der Waals surface area contributed by atoms with Gasteiger partial charge in [-0.25, -0.2) is 9.78 Å². The van der Waals surface area contributed by atoms with Crippen LogP contribution in [0.1, 0.15) is 29.1 Å². The van der Waals surface area contributed by atoms with Gasteiger partial charge >= 0.3 is 6.09 Å². The Morgan fingerprint density at radius 3 is 3.00 bits per heavy atom. The molecule has 0 fully saturated rings. The summed E-state index contributed by atoms with van der Waals surface area (Å²) < 4.78 is 4.52. The zero-order chi connectivity index (χ0) is 13.1. The molecule has 0 aliphatic rings. The first-order valence-electron chi connectivity index (χ1n) is 5.43. The lowest BCUT2D eigenvalue weighted by molar-refractivity contribution is 0.111. The third kappa shape index (κ3) is 2.32. The molecule has 0 saturated carbocycles. The summed E-state index contributed by atoms with van der Waals surface area (Å²) in [5.74, 6) is 0. The molecule has 18 heavy (non-hydrogen) atoms. The fourth-order valence-corrected chi connectivity index (χ4v) is 1.66. The van der Waals surface area contributed by atoms with Crippen molar-refractivity contribution in [3.05, 3.63) is 29.6 Å². The summed E-state index contributed by atoms with van der Waals surface area (Å²) in [6.07, 6.45) is 0.224. The average molecular weight is 247 g/mol. The van der Waals surface area contributed by atoms with Crippen LogP contribution in [0.4, 0.5) is 4.79 Å². The Hall–Kier alpha value is -2.37. The number of carbonyl (C=O) groups excluding carboxylic acids is 2. The fourth-order valence-electron chi connectivity index (χ4n) is 1.66. The predicted molar refractivity (Wildman–Crippen MR) is 65.4 cm³/mol. The van der Waals surface area contributed by atoms with Gasteiger partial charge < -0.3 is 15.0 Å². The molecule has 0 spiro atoms. The standard InChI is InChI=1S/C12H13N3O3/c1-7(13-12(17)18-2)10-4-3-8-5-9(6-16)14-11(8)15-10/h3-7H,1-2H3,(H,13,17)(H,14,15). The van der Waals surface area contributed by atoms with Gasteiger partial charge in [0.25, 0.3) is 0 Å². The van der Waals surface area contributed by atoms with E-state index in [9.17, 15) is 9.59 Å². The number of nitrogens with zero attached hydrogens (tertiary/aromatic N) is 1. The van der Waals surface area contributed by atoms with E-state index in [1.807, 2.05) is 6.07 Å². The minimum atomic E-state index is -0.510. The van der Waals surface area contributed by atoms with E-state index in [4.69, 9.17) is 0 Å². The van der Waals surface area contributed by atoms with Crippen molar-refractivity contribution in [1.29, 1.82) is 0 Å². The molecule has 6 nitrogen and oxygen atoms in total. The number of rotatable bonds is 3. The van der Waals surface area contributed by atoms with Gasteiger partial charge in [0.2, 0.25) is 0 Å². The van der Waals surface area contributed by atoms with Crippen LogP contribution in [0.2, 0.25) is 0 Å². The van der Waals surface area contributed by atoms with E-state index in [1.165, 1.54) is 7.11 Å². The third-order valence-corrected chi connectivity index (χ3v) is 2.61. The number of ether oxygens (including phenoxy) is 1. The summed E-state index contributed by atoms with van der Waals surface area (Å²) in [5, 5.41) is 3.48. The van der Waals surface area contributed by atoms with Crippen molar-refractivity contribution in [3.8, 4) is 0 Å². The Labute approximate surface area is 103 Å². The van der Waals surface area contributed by atoms with Crippen molar-refractivity contribution in [2.45, 2.75) is 13.0 Å². The molecule has 2 aromatic heterocycles. The van der Waals surface area contributed by atoms with E-state index in [2.05, 4.69) is 20.0 Å². The Morgan fingerprint density at radius 1 is 1.56 bits per heavy atom. The monoisotopic (exact) mass is 247 g/mol. The van der Waals surface area contributed by atoms with Crippen LogP contribution in [-0.4, -0.2) is 29.5 Å². The summed E-state index contributed by atoms with van der Waals surface area (Å²) >= 11 is 0. The highest BCUT2D eigenvalue weighted by atomic mass is 16.5. The highest BCUT2D eigenvalue weighted by Crippen LogP contribution is 2.17. The average Bonchev–Trinajstić information content (AvgIpc) is 2.80. The first kappa shape index (κ1) is 12.1. The number of aldehydes is 1. The molecule has 1 atom stereocenters. The van der Waals surface area contributed by atoms with Crippen LogP contribution < -0.4 is 5.32 Å². The molecular weight excluding hydrogens is 234 g/mol. The molecule has 1 unspecified atom stereocenters. The molecular formula is C12H13N3O3. The van der Waals surface area contributed by atoms with Crippen molar-refractivity contribution < 1.29 is 14.3 Å². The second kappa shape index (κ2) is 4.87. The number of methoxy groups -OCH3 is 1. The van der Waals surface area contributed by atoms with Crippen molar-refractivity contribution in [2.75, 3.05) is 7.11 Å². The van der Waals surface area contributed by atoms with Crippen LogP contribution in [-0.2, 0) is 4.74 Å². The van der Waals surface area contributed by atoms with Crippen LogP contribution in [0.5, 0.6) is 0 Å². The summed E-state index contributed by atoms with van der Waals surface area (Å²) in [4.78, 5) is 29.0. The van der Waals surface area contributed by atoms with Gasteiger partial charge in [0.15, 0.2) is 6.29 Å². The normalized spacial score (nSPS) is 12.1. The molecule has 6 heteroatoms. The maximum Gasteiger partial charge on any atom is 0.407 e. The van der Waals surface area contributed by atoms with Crippen molar-refractivity contribution >= 4 is 23.4 Å². The zero-order valence-corrected chi connectivity index (χ0v) is 10.1. The smallest absolute Gasteiger partial charge is 0.407 e. The van der Waals surface area contributed by atoms with Gasteiger partial charge in [0.05, 0.1) is 24.5 Å². The molecule has 2 heterocycles. The zero-order valence-electron chi connectivity index (χ0n) is 10.1. The number of alkyl carbamates (subject to hydrolysis) is 1. The minimum absolute atomic E-state index is 0.273. The Kier molecular flexibility index (Phi) is 3.27. The van der Waals surface area contributed by atoms with E-state index in [0.717, 1.165) is 11.7 Å². The highest BCUT2D eigenvalue weighted by molar-refractivity contribution is 5.85. The van der Waals surface area contributed by atoms with Gasteiger partial charge in [-0.2, -0.15) is 0 Å². The first-order chi connectivity index (χ1) is 8.63. The molecule has 0 radical (unpaired) electrons. The molecule has 1 amide bonds. The molecule has 2 rings (SSSR count). The maximum atomic E-state index is 11.1. The summed E-state index contributed by atoms with van der Waals surface area (Å²) in [6, 6.07) is 5.09. The second-order valence-electron chi connectivity index (χ2n) is 3.87. The number of pyridine rings is 1. The predicted octanol–water partition coefficient (Wildman–Crippen LogP) is 1.79. The van der Waals surface area contributed by atoms with Crippen LogP contribution >= 0.6 is 0 Å². The third-order valence-electron chi connectivity index (χ3n) is 2.61. The number of hydrogen-bond acceptors (Lipinski definition) is 4. The van der Waals surface area contributed by atoms with Crippen LogP contribution in [0.3, 0.4) is 0 Å². The number of aromatic amines is 1. The number of aromatic nitrogens is 2. The van der Waals surface area contributed by atoms with Crippen LogP contribution in [0, 0.1) is 0 Å². The van der Waals surface area contributed by atoms with E-state index in [0.29, 0.717) is 17.0 Å². The second-order valence-corrected chi connectivity index (χ2v) is 3.87. The van der Waals surface area contributed by atoms with Crippen molar-refractivity contribution in [1.82, 2.24) is 15.3 Å². The van der Waals surface area contributed by atoms with E-state index in [-0.39, 0.29) is 6.04 Å². The van der Waals surface area contributed by atoms with Gasteiger partial charge in [-0.3, -0.25) is 4.79 Å². The molecule has 2 aromatic rings. The maximum absolute atomic E-state index is 11.1. The lowest BCUT2D eigenvalue weighted by atomic mass is 10.2. The molecule has 0 aromatic carbocycles. The molecule has 0 bridgehead atoms. The number of hydrogen-bond donors (Lipinski definition) is 2. The number of H-pyrrole nitrogens is 1. The van der Waals surface area contributed by atoms with Gasteiger partial charge in [-0.05, 0) is 25.1 Å². The van der Waals surface area contributed by atoms with Crippen molar-refractivity contribution in [2.24, 2.45) is 0 Å². The summed E-state index contributed by atoms with van der Waals surface area (Å²) in [5.41, 5.74) is 1.78. The van der Waals surface area contributed by atoms with Crippen LogP contribution in [0.25, 0.3) is 11.0 Å². The number of fused-ring (bicyclic) bond motifs is 1. The summed E-state index contributed by atoms with van der Waals surface area (Å²) in [7, 11) is 1.31. The molecule has 0 aliphatic carbocycles. The van der Waals surface area contributed by atoms with Crippen LogP contribution in [0.15, 0.2) is 18.2 Å². The van der Waals surface area contributed by atoms with E-state index >= 15 is 0 Å². The van der Waals surface area contributed by atoms with Gasteiger partial charge in [-0.15, -0.1) is 0 Å². The lowest BCUT2D eigenvalue weighted by Gasteiger charge is -2.12. The number of carbonyl (C=O) groups is 2. The minimum Gasteiger partial charge on any atom is -0.453 e. The Bertz CT molecular complexity index is 591. The molecule has 94 valence electrons.